The van der Waals surface area contributed by atoms with Crippen LogP contribution in [-0.2, 0) is 0 Å². The molecule has 2 aromatic heterocycles. The summed E-state index contributed by atoms with van der Waals surface area (Å²) in [4.78, 5) is 9.65. The van der Waals surface area contributed by atoms with Crippen molar-refractivity contribution in [2.75, 3.05) is 9.80 Å². The average Bonchev–Trinajstić information content (AvgIpc) is 3.76. The fraction of sp³-hybridized carbons (Fsp3) is 0. The van der Waals surface area contributed by atoms with Gasteiger partial charge in [0.2, 0.25) is 5.89 Å². The Kier molecular flexibility index (Phi) is 6.72. The monoisotopic (exact) mass is 619 g/mol. The minimum Gasteiger partial charge on any atom is -0.456 e. The summed E-state index contributed by atoms with van der Waals surface area (Å²) in [7, 11) is 0. The van der Waals surface area contributed by atoms with E-state index in [0.717, 1.165) is 67.1 Å². The first-order valence-electron chi connectivity index (χ1n) is 16.0. The van der Waals surface area contributed by atoms with Crippen molar-refractivity contribution in [3.8, 4) is 11.5 Å². The maximum absolute atomic E-state index is 6.62. The molecule has 0 amide bonds. The third-order valence-electron chi connectivity index (χ3n) is 8.64. The van der Waals surface area contributed by atoms with Gasteiger partial charge in [0, 0.05) is 45.2 Å². The minimum atomic E-state index is 0.572. The number of oxazole rings is 1. The van der Waals surface area contributed by atoms with Crippen molar-refractivity contribution in [1.82, 2.24) is 4.98 Å². The molecule has 0 fully saturated rings. The van der Waals surface area contributed by atoms with Crippen LogP contribution in [0, 0.1) is 0 Å². The zero-order valence-electron chi connectivity index (χ0n) is 25.9. The Hall–Kier alpha value is -6.59. The van der Waals surface area contributed by atoms with Crippen LogP contribution in [0.3, 0.4) is 0 Å². The summed E-state index contributed by atoms with van der Waals surface area (Å²) in [5.41, 5.74) is 10.00. The number of rotatable bonds is 7. The van der Waals surface area contributed by atoms with E-state index >= 15 is 0 Å². The number of hydrogen-bond acceptors (Lipinski definition) is 5. The highest BCUT2D eigenvalue weighted by Crippen LogP contribution is 2.45. The first-order valence-corrected chi connectivity index (χ1v) is 16.0. The summed E-state index contributed by atoms with van der Waals surface area (Å²) in [5.74, 6) is 0.572. The van der Waals surface area contributed by atoms with E-state index in [-0.39, 0.29) is 0 Å². The average molecular weight is 620 g/mol. The Morgan fingerprint density at radius 2 is 0.938 bits per heavy atom. The van der Waals surface area contributed by atoms with E-state index in [1.54, 1.807) is 0 Å². The van der Waals surface area contributed by atoms with Gasteiger partial charge in [-0.1, -0.05) is 91.0 Å². The van der Waals surface area contributed by atoms with Crippen LogP contribution in [0.5, 0.6) is 0 Å². The zero-order valence-corrected chi connectivity index (χ0v) is 25.9. The van der Waals surface area contributed by atoms with E-state index in [9.17, 15) is 0 Å². The van der Waals surface area contributed by atoms with Crippen molar-refractivity contribution >= 4 is 67.2 Å². The number of benzene rings is 7. The Balaban J connectivity index is 1.33. The molecular formula is C43H29N3O2. The molecule has 48 heavy (non-hydrogen) atoms. The first-order chi connectivity index (χ1) is 23.8. The van der Waals surface area contributed by atoms with Crippen LogP contribution in [0.25, 0.3) is 44.5 Å². The van der Waals surface area contributed by atoms with Gasteiger partial charge in [-0.25, -0.2) is 4.98 Å². The Labute approximate surface area is 277 Å². The van der Waals surface area contributed by atoms with E-state index in [1.165, 1.54) is 0 Å². The van der Waals surface area contributed by atoms with Gasteiger partial charge in [-0.15, -0.1) is 0 Å². The predicted octanol–water partition coefficient (Wildman–Crippen LogP) is 12.3. The van der Waals surface area contributed by atoms with Crippen LogP contribution in [0.2, 0.25) is 0 Å². The maximum atomic E-state index is 6.62. The molecule has 0 spiro atoms. The molecule has 0 radical (unpaired) electrons. The second-order valence-corrected chi connectivity index (χ2v) is 11.7. The summed E-state index contributed by atoms with van der Waals surface area (Å²) in [6.07, 6.45) is 0. The lowest BCUT2D eigenvalue weighted by Gasteiger charge is -2.29. The molecule has 7 aromatic carbocycles. The largest absolute Gasteiger partial charge is 0.456 e. The fourth-order valence-electron chi connectivity index (χ4n) is 6.46. The second-order valence-electron chi connectivity index (χ2n) is 11.7. The van der Waals surface area contributed by atoms with Crippen molar-refractivity contribution in [2.45, 2.75) is 0 Å². The summed E-state index contributed by atoms with van der Waals surface area (Å²) in [6, 6.07) is 60.2. The third kappa shape index (κ3) is 4.86. The lowest BCUT2D eigenvalue weighted by Crippen LogP contribution is -2.13. The maximum Gasteiger partial charge on any atom is 0.227 e. The molecule has 0 unspecified atom stereocenters. The van der Waals surface area contributed by atoms with Gasteiger partial charge in [0.05, 0.1) is 11.4 Å². The number of anilines is 6. The molecule has 0 saturated carbocycles. The molecule has 9 rings (SSSR count). The number of aromatic nitrogens is 1. The standard InChI is InChI=1S/C43H29N3O2/c1-5-15-30(16-6-1)43-44-42-38(46(32-19-9-3-10-20-32)33-21-11-4-12-22-33)28-35(29-41(42)48-43)45(31-17-7-2-8-18-31)34-25-26-40-37(27-34)36-23-13-14-24-39(36)47-40/h1-29H. The second kappa shape index (κ2) is 11.6. The molecule has 228 valence electrons. The molecule has 2 heterocycles. The molecule has 0 aliphatic rings. The molecule has 0 aliphatic carbocycles. The lowest BCUT2D eigenvalue weighted by molar-refractivity contribution is 0.620. The summed E-state index contributed by atoms with van der Waals surface area (Å²) in [5, 5.41) is 2.15. The van der Waals surface area contributed by atoms with Gasteiger partial charge >= 0.3 is 0 Å². The van der Waals surface area contributed by atoms with Crippen molar-refractivity contribution in [1.29, 1.82) is 0 Å². The molecule has 5 nitrogen and oxygen atoms in total. The molecule has 0 atom stereocenters. The predicted molar refractivity (Wildman–Crippen MR) is 196 cm³/mol. The number of fused-ring (bicyclic) bond motifs is 4. The molecule has 0 bridgehead atoms. The normalized spacial score (nSPS) is 11.3. The zero-order chi connectivity index (χ0) is 31.9. The highest BCUT2D eigenvalue weighted by atomic mass is 16.3. The van der Waals surface area contributed by atoms with E-state index < -0.39 is 0 Å². The van der Waals surface area contributed by atoms with E-state index in [4.69, 9.17) is 13.8 Å². The van der Waals surface area contributed by atoms with Crippen LogP contribution in [0.15, 0.2) is 185 Å². The third-order valence-corrected chi connectivity index (χ3v) is 8.64. The SMILES string of the molecule is c1ccc(-c2nc3c(N(c4ccccc4)c4ccccc4)cc(N(c4ccccc4)c4ccc5oc6ccccc6c5c4)cc3o2)cc1. The number of hydrogen-bond donors (Lipinski definition) is 0. The van der Waals surface area contributed by atoms with Crippen molar-refractivity contribution < 1.29 is 8.83 Å². The molecule has 0 N–H and O–H groups in total. The van der Waals surface area contributed by atoms with Gasteiger partial charge in [-0.05, 0) is 78.9 Å². The van der Waals surface area contributed by atoms with Gasteiger partial charge in [0.15, 0.2) is 5.58 Å². The quantitative estimate of drug-likeness (QED) is 0.178. The highest BCUT2D eigenvalue weighted by Gasteiger charge is 2.24. The van der Waals surface area contributed by atoms with Gasteiger partial charge in [0.1, 0.15) is 16.7 Å². The van der Waals surface area contributed by atoms with Crippen LogP contribution in [0.1, 0.15) is 0 Å². The van der Waals surface area contributed by atoms with Crippen LogP contribution >= 0.6 is 0 Å². The number of furan rings is 1. The fourth-order valence-corrected chi connectivity index (χ4v) is 6.46. The lowest BCUT2D eigenvalue weighted by atomic mass is 10.1. The molecule has 9 aromatic rings. The Morgan fingerprint density at radius 1 is 0.375 bits per heavy atom. The van der Waals surface area contributed by atoms with Gasteiger partial charge in [0.25, 0.3) is 0 Å². The summed E-state index contributed by atoms with van der Waals surface area (Å²) < 4.78 is 12.8. The molecular weight excluding hydrogens is 590 g/mol. The van der Waals surface area contributed by atoms with Gasteiger partial charge < -0.3 is 18.6 Å². The van der Waals surface area contributed by atoms with E-state index in [1.807, 2.05) is 60.7 Å². The molecule has 5 heteroatoms. The molecule has 0 aliphatic heterocycles. The van der Waals surface area contributed by atoms with Crippen LogP contribution < -0.4 is 9.80 Å². The van der Waals surface area contributed by atoms with Crippen molar-refractivity contribution in [3.63, 3.8) is 0 Å². The van der Waals surface area contributed by atoms with Crippen LogP contribution in [-0.4, -0.2) is 4.98 Å². The van der Waals surface area contributed by atoms with E-state index in [0.29, 0.717) is 11.5 Å². The summed E-state index contributed by atoms with van der Waals surface area (Å²) >= 11 is 0. The Morgan fingerprint density at radius 3 is 1.60 bits per heavy atom. The van der Waals surface area contributed by atoms with Crippen LogP contribution in [0.4, 0.5) is 34.1 Å². The van der Waals surface area contributed by atoms with Crippen molar-refractivity contribution in [2.24, 2.45) is 0 Å². The topological polar surface area (TPSA) is 45.7 Å². The highest BCUT2D eigenvalue weighted by molar-refractivity contribution is 6.07. The molecule has 0 saturated heterocycles. The first kappa shape index (κ1) is 27.7. The smallest absolute Gasteiger partial charge is 0.227 e. The summed E-state index contributed by atoms with van der Waals surface area (Å²) in [6.45, 7) is 0. The Bertz CT molecular complexity index is 2470. The number of nitrogens with zero attached hydrogens (tertiary/aromatic N) is 3. The minimum absolute atomic E-state index is 0.572. The van der Waals surface area contributed by atoms with Gasteiger partial charge in [-0.2, -0.15) is 0 Å². The van der Waals surface area contributed by atoms with Gasteiger partial charge in [-0.3, -0.25) is 0 Å². The van der Waals surface area contributed by atoms with Crippen molar-refractivity contribution in [3.05, 3.63) is 176 Å². The number of para-hydroxylation sites is 4. The van der Waals surface area contributed by atoms with E-state index in [2.05, 4.69) is 125 Å².